The van der Waals surface area contributed by atoms with E-state index < -0.39 is 18.6 Å². The van der Waals surface area contributed by atoms with E-state index in [1.807, 2.05) is 36.6 Å². The molecule has 0 unspecified atom stereocenters. The van der Waals surface area contributed by atoms with Crippen LogP contribution in [-0.4, -0.2) is 50.6 Å². The Kier molecular flexibility index (Phi) is 6.69. The summed E-state index contributed by atoms with van der Waals surface area (Å²) in [6.45, 7) is 7.64. The summed E-state index contributed by atoms with van der Waals surface area (Å²) in [5.74, 6) is -0.172. The highest BCUT2D eigenvalue weighted by Crippen LogP contribution is 2.25. The Labute approximate surface area is 160 Å². The monoisotopic (exact) mass is 398 g/mol. The van der Waals surface area contributed by atoms with Gasteiger partial charge in [0.2, 0.25) is 5.91 Å². The third-order valence-corrected chi connectivity index (χ3v) is 4.71. The number of aryl methyl sites for hydroxylation is 3. The van der Waals surface area contributed by atoms with E-state index in [0.717, 1.165) is 33.5 Å². The number of carbonyl (C=O) groups is 1. The predicted molar refractivity (Wildman–Crippen MR) is 99.1 cm³/mol. The van der Waals surface area contributed by atoms with Crippen molar-refractivity contribution in [1.29, 1.82) is 0 Å². The normalized spacial score (nSPS) is 11.5. The Morgan fingerprint density at radius 1 is 1.30 bits per heavy atom. The van der Waals surface area contributed by atoms with Crippen LogP contribution in [0.4, 0.5) is 13.2 Å². The maximum Gasteiger partial charge on any atom is 0.406 e. The Hall–Kier alpha value is -2.29. The fourth-order valence-electron chi connectivity index (χ4n) is 2.52. The van der Waals surface area contributed by atoms with E-state index in [9.17, 15) is 18.0 Å². The van der Waals surface area contributed by atoms with Gasteiger partial charge < -0.3 is 4.90 Å². The molecule has 1 heterocycles. The first-order valence-corrected chi connectivity index (χ1v) is 9.19. The highest BCUT2D eigenvalue weighted by atomic mass is 32.2. The maximum absolute atomic E-state index is 12.7. The molecule has 2 rings (SSSR count). The lowest BCUT2D eigenvalue weighted by Crippen LogP contribution is -2.40. The standard InChI is InChI=1S/C18H21F3N4OS/c1-5-8-24(11-18(19,20)21)16(26)10-27-17-23-22-14(4)25(17)15-9-12(2)6-7-13(15)3/h5-7,9H,1,8,10-11H2,2-4H3. The third-order valence-electron chi connectivity index (χ3n) is 3.80. The number of aromatic nitrogens is 3. The van der Waals surface area contributed by atoms with Gasteiger partial charge in [-0.15, -0.1) is 16.8 Å². The molecule has 0 aliphatic rings. The van der Waals surface area contributed by atoms with Crippen molar-refractivity contribution >= 4 is 17.7 Å². The molecule has 0 spiro atoms. The molecule has 9 heteroatoms. The molecular weight excluding hydrogens is 377 g/mol. The lowest BCUT2D eigenvalue weighted by Gasteiger charge is -2.22. The maximum atomic E-state index is 12.7. The lowest BCUT2D eigenvalue weighted by molar-refractivity contribution is -0.158. The van der Waals surface area contributed by atoms with Crippen LogP contribution in [0.3, 0.4) is 0 Å². The Balaban J connectivity index is 2.20. The molecule has 0 aliphatic heterocycles. The summed E-state index contributed by atoms with van der Waals surface area (Å²) in [7, 11) is 0. The second kappa shape index (κ2) is 8.60. The molecule has 5 nitrogen and oxygen atoms in total. The van der Waals surface area contributed by atoms with Gasteiger partial charge in [0.15, 0.2) is 5.16 Å². The van der Waals surface area contributed by atoms with E-state index in [2.05, 4.69) is 16.8 Å². The average molecular weight is 398 g/mol. The van der Waals surface area contributed by atoms with Crippen molar-refractivity contribution in [3.63, 3.8) is 0 Å². The second-order valence-corrected chi connectivity index (χ2v) is 7.06. The van der Waals surface area contributed by atoms with Gasteiger partial charge >= 0.3 is 6.18 Å². The molecule has 0 saturated heterocycles. The zero-order valence-corrected chi connectivity index (χ0v) is 16.2. The van der Waals surface area contributed by atoms with Crippen molar-refractivity contribution in [2.45, 2.75) is 32.1 Å². The first-order chi connectivity index (χ1) is 12.6. The Morgan fingerprint density at radius 3 is 2.63 bits per heavy atom. The molecule has 0 fully saturated rings. The number of amides is 1. The van der Waals surface area contributed by atoms with Crippen molar-refractivity contribution in [3.05, 3.63) is 47.8 Å². The second-order valence-electron chi connectivity index (χ2n) is 6.12. The van der Waals surface area contributed by atoms with Gasteiger partial charge in [-0.05, 0) is 38.0 Å². The van der Waals surface area contributed by atoms with Crippen molar-refractivity contribution in [2.24, 2.45) is 0 Å². The SMILES string of the molecule is C=CCN(CC(F)(F)F)C(=O)CSc1nnc(C)n1-c1cc(C)ccc1C. The molecule has 1 aromatic carbocycles. The Bertz CT molecular complexity index is 832. The molecule has 0 bridgehead atoms. The van der Waals surface area contributed by atoms with Crippen LogP contribution in [0.2, 0.25) is 0 Å². The van der Waals surface area contributed by atoms with Gasteiger partial charge in [0.1, 0.15) is 12.4 Å². The fourth-order valence-corrected chi connectivity index (χ4v) is 3.41. The van der Waals surface area contributed by atoms with Gasteiger partial charge in [0.05, 0.1) is 11.4 Å². The van der Waals surface area contributed by atoms with Gasteiger partial charge in [-0.1, -0.05) is 30.0 Å². The highest BCUT2D eigenvalue weighted by molar-refractivity contribution is 7.99. The van der Waals surface area contributed by atoms with Crippen LogP contribution in [0.1, 0.15) is 17.0 Å². The molecule has 0 saturated carbocycles. The van der Waals surface area contributed by atoms with Crippen LogP contribution >= 0.6 is 11.8 Å². The molecular formula is C18H21F3N4OS. The minimum atomic E-state index is -4.46. The first-order valence-electron chi connectivity index (χ1n) is 8.20. The average Bonchev–Trinajstić information content (AvgIpc) is 2.94. The van der Waals surface area contributed by atoms with Crippen molar-refractivity contribution in [2.75, 3.05) is 18.8 Å². The Morgan fingerprint density at radius 2 is 2.00 bits per heavy atom. The molecule has 27 heavy (non-hydrogen) atoms. The summed E-state index contributed by atoms with van der Waals surface area (Å²) < 4.78 is 39.8. The van der Waals surface area contributed by atoms with Crippen molar-refractivity contribution < 1.29 is 18.0 Å². The molecule has 146 valence electrons. The van der Waals surface area contributed by atoms with Gasteiger partial charge in [-0.3, -0.25) is 9.36 Å². The van der Waals surface area contributed by atoms with Crippen molar-refractivity contribution in [3.8, 4) is 5.69 Å². The zero-order chi connectivity index (χ0) is 20.2. The van der Waals surface area contributed by atoms with E-state index >= 15 is 0 Å². The number of carbonyl (C=O) groups excluding carboxylic acids is 1. The van der Waals surface area contributed by atoms with Crippen LogP contribution in [0.15, 0.2) is 36.0 Å². The third kappa shape index (κ3) is 5.59. The lowest BCUT2D eigenvalue weighted by atomic mass is 10.1. The number of hydrogen-bond donors (Lipinski definition) is 0. The minimum absolute atomic E-state index is 0.165. The number of nitrogens with zero attached hydrogens (tertiary/aromatic N) is 4. The smallest absolute Gasteiger partial charge is 0.329 e. The van der Waals surface area contributed by atoms with Crippen LogP contribution in [0.5, 0.6) is 0 Å². The molecule has 0 radical (unpaired) electrons. The molecule has 0 aliphatic carbocycles. The van der Waals surface area contributed by atoms with Crippen molar-refractivity contribution in [1.82, 2.24) is 19.7 Å². The number of rotatable bonds is 7. The first kappa shape index (κ1) is 21.0. The molecule has 2 aromatic rings. The van der Waals surface area contributed by atoms with Gasteiger partial charge in [0.25, 0.3) is 0 Å². The number of halogens is 3. The fraction of sp³-hybridized carbons (Fsp3) is 0.389. The summed E-state index contributed by atoms with van der Waals surface area (Å²) in [5.41, 5.74) is 2.94. The molecule has 1 amide bonds. The number of alkyl halides is 3. The van der Waals surface area contributed by atoms with Crippen LogP contribution in [-0.2, 0) is 4.79 Å². The summed E-state index contributed by atoms with van der Waals surface area (Å²) in [6, 6.07) is 5.93. The summed E-state index contributed by atoms with van der Waals surface area (Å²) in [4.78, 5) is 13.0. The zero-order valence-electron chi connectivity index (χ0n) is 15.4. The predicted octanol–water partition coefficient (Wildman–Crippen LogP) is 3.86. The highest BCUT2D eigenvalue weighted by Gasteiger charge is 2.32. The largest absolute Gasteiger partial charge is 0.406 e. The topological polar surface area (TPSA) is 51.0 Å². The van der Waals surface area contributed by atoms with Gasteiger partial charge in [-0.2, -0.15) is 13.2 Å². The quantitative estimate of drug-likeness (QED) is 0.525. The van der Waals surface area contributed by atoms with E-state index in [-0.39, 0.29) is 12.3 Å². The summed E-state index contributed by atoms with van der Waals surface area (Å²) >= 11 is 1.06. The minimum Gasteiger partial charge on any atom is -0.329 e. The van der Waals surface area contributed by atoms with Crippen LogP contribution in [0.25, 0.3) is 5.69 Å². The van der Waals surface area contributed by atoms with E-state index in [4.69, 9.17) is 0 Å². The number of benzene rings is 1. The van der Waals surface area contributed by atoms with E-state index in [1.165, 1.54) is 6.08 Å². The van der Waals surface area contributed by atoms with E-state index in [0.29, 0.717) is 11.0 Å². The van der Waals surface area contributed by atoms with Crippen LogP contribution < -0.4 is 0 Å². The number of hydrogen-bond acceptors (Lipinski definition) is 4. The number of thioether (sulfide) groups is 1. The van der Waals surface area contributed by atoms with Crippen LogP contribution in [0, 0.1) is 20.8 Å². The molecule has 0 atom stereocenters. The van der Waals surface area contributed by atoms with E-state index in [1.54, 1.807) is 6.92 Å². The summed E-state index contributed by atoms with van der Waals surface area (Å²) in [5, 5.41) is 8.59. The summed E-state index contributed by atoms with van der Waals surface area (Å²) in [6.07, 6.45) is -3.18. The molecule has 0 N–H and O–H groups in total. The van der Waals surface area contributed by atoms with Gasteiger partial charge in [-0.25, -0.2) is 0 Å². The molecule has 1 aromatic heterocycles. The van der Waals surface area contributed by atoms with Gasteiger partial charge in [0, 0.05) is 6.54 Å².